The fourth-order valence-electron chi connectivity index (χ4n) is 2.64. The predicted octanol–water partition coefficient (Wildman–Crippen LogP) is 2.99. The van der Waals surface area contributed by atoms with E-state index in [4.69, 9.17) is 4.52 Å². The molecule has 0 radical (unpaired) electrons. The lowest BCUT2D eigenvalue weighted by atomic mass is 10.2. The van der Waals surface area contributed by atoms with Crippen molar-refractivity contribution in [2.24, 2.45) is 0 Å². The Morgan fingerprint density at radius 1 is 1.00 bits per heavy atom. The first-order valence-corrected chi connectivity index (χ1v) is 9.36. The number of hydrogen-bond acceptors (Lipinski definition) is 6. The van der Waals surface area contributed by atoms with E-state index in [1.54, 1.807) is 48.8 Å². The van der Waals surface area contributed by atoms with Gasteiger partial charge in [-0.15, -0.1) is 0 Å². The molecular formula is C20H20N6O3. The third-order valence-electron chi connectivity index (χ3n) is 4.31. The van der Waals surface area contributed by atoms with Crippen LogP contribution in [0.3, 0.4) is 0 Å². The van der Waals surface area contributed by atoms with Crippen LogP contribution in [0.15, 0.2) is 53.3 Å². The van der Waals surface area contributed by atoms with Crippen molar-refractivity contribution in [2.45, 2.75) is 31.7 Å². The van der Waals surface area contributed by atoms with Crippen LogP contribution in [0, 0.1) is 0 Å². The summed E-state index contributed by atoms with van der Waals surface area (Å²) >= 11 is 0. The monoisotopic (exact) mass is 392 g/mol. The van der Waals surface area contributed by atoms with Crippen molar-refractivity contribution in [3.63, 3.8) is 0 Å². The van der Waals surface area contributed by atoms with Gasteiger partial charge in [-0.1, -0.05) is 5.16 Å². The number of benzene rings is 1. The number of hydrogen-bond donors (Lipinski definition) is 3. The van der Waals surface area contributed by atoms with Crippen molar-refractivity contribution in [1.82, 2.24) is 20.4 Å². The van der Waals surface area contributed by atoms with Gasteiger partial charge in [0.25, 0.3) is 0 Å². The van der Waals surface area contributed by atoms with Gasteiger partial charge in [0.1, 0.15) is 0 Å². The van der Waals surface area contributed by atoms with E-state index in [1.807, 2.05) is 0 Å². The van der Waals surface area contributed by atoms with Crippen LogP contribution < -0.4 is 16.0 Å². The van der Waals surface area contributed by atoms with E-state index in [2.05, 4.69) is 31.1 Å². The van der Waals surface area contributed by atoms with Crippen molar-refractivity contribution in [3.8, 4) is 11.4 Å². The highest BCUT2D eigenvalue weighted by Gasteiger charge is 2.23. The van der Waals surface area contributed by atoms with Gasteiger partial charge in [-0.3, -0.25) is 9.78 Å². The summed E-state index contributed by atoms with van der Waals surface area (Å²) in [5, 5.41) is 12.3. The summed E-state index contributed by atoms with van der Waals surface area (Å²) in [5.74, 6) is 0.700. The molecule has 1 aliphatic carbocycles. The Labute approximate surface area is 166 Å². The van der Waals surface area contributed by atoms with Crippen LogP contribution in [0.1, 0.15) is 25.2 Å². The molecule has 3 aromatic rings. The fourth-order valence-corrected chi connectivity index (χ4v) is 2.64. The molecule has 1 saturated carbocycles. The van der Waals surface area contributed by atoms with Gasteiger partial charge in [0.05, 0.1) is 0 Å². The van der Waals surface area contributed by atoms with E-state index in [-0.39, 0.29) is 18.4 Å². The molecule has 3 amide bonds. The Hall–Kier alpha value is -3.75. The second-order valence-electron chi connectivity index (χ2n) is 6.75. The first-order chi connectivity index (χ1) is 14.2. The van der Waals surface area contributed by atoms with Crippen LogP contribution in [0.2, 0.25) is 0 Å². The van der Waals surface area contributed by atoms with Crippen LogP contribution >= 0.6 is 0 Å². The van der Waals surface area contributed by atoms with Gasteiger partial charge in [-0.25, -0.2) is 4.79 Å². The van der Waals surface area contributed by atoms with E-state index in [1.165, 1.54) is 0 Å². The second kappa shape index (κ2) is 8.51. The summed E-state index contributed by atoms with van der Waals surface area (Å²) in [6.45, 7) is 0. The minimum absolute atomic E-state index is 0.166. The van der Waals surface area contributed by atoms with Crippen LogP contribution in [0.4, 0.5) is 16.2 Å². The predicted molar refractivity (Wildman–Crippen MR) is 106 cm³/mol. The first kappa shape index (κ1) is 18.6. The molecule has 2 heterocycles. The number of pyridine rings is 1. The highest BCUT2D eigenvalue weighted by atomic mass is 16.5. The summed E-state index contributed by atoms with van der Waals surface area (Å²) in [6.07, 6.45) is 5.92. The molecule has 4 rings (SSSR count). The molecule has 0 bridgehead atoms. The fraction of sp³-hybridized carbons (Fsp3) is 0.250. The molecule has 3 N–H and O–H groups in total. The Balaban J connectivity index is 1.24. The number of anilines is 2. The summed E-state index contributed by atoms with van der Waals surface area (Å²) in [6, 6.07) is 10.6. The molecule has 0 spiro atoms. The maximum Gasteiger partial charge on any atom is 0.319 e. The maximum atomic E-state index is 12.2. The Morgan fingerprint density at radius 2 is 1.69 bits per heavy atom. The summed E-state index contributed by atoms with van der Waals surface area (Å²) in [4.78, 5) is 32.1. The molecule has 1 aromatic carbocycles. The Kier molecular flexibility index (Phi) is 5.46. The number of nitrogens with one attached hydrogen (secondary N) is 3. The van der Waals surface area contributed by atoms with Gasteiger partial charge in [-0.05, 0) is 49.2 Å². The lowest BCUT2D eigenvalue weighted by Crippen LogP contribution is -2.30. The third-order valence-corrected chi connectivity index (χ3v) is 4.31. The summed E-state index contributed by atoms with van der Waals surface area (Å²) < 4.78 is 5.20. The SMILES string of the molecule is O=C(CCc1nc(-c2ccncc2)no1)Nc1ccc(NC(=O)NC2CC2)cc1. The zero-order valence-corrected chi connectivity index (χ0v) is 15.6. The Morgan fingerprint density at radius 3 is 2.38 bits per heavy atom. The van der Waals surface area contributed by atoms with Gasteiger partial charge >= 0.3 is 6.03 Å². The molecule has 0 aliphatic heterocycles. The molecular weight excluding hydrogens is 372 g/mol. The number of urea groups is 1. The molecule has 1 fully saturated rings. The van der Waals surface area contributed by atoms with Crippen LogP contribution in [-0.4, -0.2) is 33.1 Å². The van der Waals surface area contributed by atoms with Gasteiger partial charge in [0.2, 0.25) is 17.6 Å². The van der Waals surface area contributed by atoms with Gasteiger partial charge in [0.15, 0.2) is 0 Å². The van der Waals surface area contributed by atoms with Crippen LogP contribution in [-0.2, 0) is 11.2 Å². The van der Waals surface area contributed by atoms with Crippen molar-refractivity contribution < 1.29 is 14.1 Å². The van der Waals surface area contributed by atoms with Crippen molar-refractivity contribution in [3.05, 3.63) is 54.7 Å². The standard InChI is InChI=1S/C20H20N6O3/c27-17(7-8-18-25-19(26-29-18)13-9-11-21-12-10-13)22-14-1-3-15(4-2-14)23-20(28)24-16-5-6-16/h1-4,9-12,16H,5-8H2,(H,22,27)(H2,23,24,28). The van der Waals surface area contributed by atoms with Crippen molar-refractivity contribution >= 4 is 23.3 Å². The van der Waals surface area contributed by atoms with Crippen LogP contribution in [0.5, 0.6) is 0 Å². The number of aryl methyl sites for hydroxylation is 1. The maximum absolute atomic E-state index is 12.2. The van der Waals surface area contributed by atoms with Crippen molar-refractivity contribution in [2.75, 3.05) is 10.6 Å². The average molecular weight is 392 g/mol. The Bertz CT molecular complexity index is 983. The molecule has 2 aromatic heterocycles. The minimum atomic E-state index is -0.213. The largest absolute Gasteiger partial charge is 0.339 e. The van der Waals surface area contributed by atoms with E-state index < -0.39 is 0 Å². The molecule has 0 saturated heterocycles. The average Bonchev–Trinajstić information content (AvgIpc) is 3.41. The van der Waals surface area contributed by atoms with Gasteiger partial charge in [-0.2, -0.15) is 4.98 Å². The highest BCUT2D eigenvalue weighted by Crippen LogP contribution is 2.19. The lowest BCUT2D eigenvalue weighted by Gasteiger charge is -2.08. The second-order valence-corrected chi connectivity index (χ2v) is 6.75. The van der Waals surface area contributed by atoms with Crippen molar-refractivity contribution in [1.29, 1.82) is 0 Å². The molecule has 148 valence electrons. The van der Waals surface area contributed by atoms with E-state index >= 15 is 0 Å². The third kappa shape index (κ3) is 5.38. The van der Waals surface area contributed by atoms with E-state index in [0.717, 1.165) is 18.4 Å². The first-order valence-electron chi connectivity index (χ1n) is 9.36. The molecule has 0 unspecified atom stereocenters. The molecule has 29 heavy (non-hydrogen) atoms. The van der Waals surface area contributed by atoms with E-state index in [0.29, 0.717) is 35.6 Å². The molecule has 9 nitrogen and oxygen atoms in total. The molecule has 9 heteroatoms. The zero-order chi connectivity index (χ0) is 20.1. The number of carbonyl (C=O) groups excluding carboxylic acids is 2. The molecule has 1 aliphatic rings. The highest BCUT2D eigenvalue weighted by molar-refractivity contribution is 5.92. The van der Waals surface area contributed by atoms with E-state index in [9.17, 15) is 9.59 Å². The summed E-state index contributed by atoms with van der Waals surface area (Å²) in [7, 11) is 0. The smallest absolute Gasteiger partial charge is 0.319 e. The van der Waals surface area contributed by atoms with Crippen LogP contribution in [0.25, 0.3) is 11.4 Å². The minimum Gasteiger partial charge on any atom is -0.339 e. The topological polar surface area (TPSA) is 122 Å². The number of amides is 3. The molecule has 0 atom stereocenters. The number of nitrogens with zero attached hydrogens (tertiary/aromatic N) is 3. The number of rotatable bonds is 7. The van der Waals surface area contributed by atoms with Gasteiger partial charge in [0, 0.05) is 48.2 Å². The lowest BCUT2D eigenvalue weighted by molar-refractivity contribution is -0.116. The number of aromatic nitrogens is 3. The quantitative estimate of drug-likeness (QED) is 0.568. The number of carbonyl (C=O) groups is 2. The summed E-state index contributed by atoms with van der Waals surface area (Å²) in [5.41, 5.74) is 2.11. The van der Waals surface area contributed by atoms with Gasteiger partial charge < -0.3 is 20.5 Å². The normalized spacial score (nSPS) is 13.0. The zero-order valence-electron chi connectivity index (χ0n) is 15.6.